The minimum absolute atomic E-state index is 0.0484. The first-order valence-corrected chi connectivity index (χ1v) is 6.87. The average molecular weight is 266 g/mol. The fourth-order valence-corrected chi connectivity index (χ4v) is 2.76. The molecule has 0 bridgehead atoms. The summed E-state index contributed by atoms with van der Waals surface area (Å²) in [5.41, 5.74) is 11.3. The largest absolute Gasteiger partial charge is 0.397 e. The number of ketones is 1. The number of benzene rings is 2. The van der Waals surface area contributed by atoms with Crippen molar-refractivity contribution in [2.45, 2.75) is 19.9 Å². The zero-order valence-corrected chi connectivity index (χ0v) is 11.6. The van der Waals surface area contributed by atoms with Crippen LogP contribution in [-0.2, 0) is 13.0 Å². The van der Waals surface area contributed by atoms with Crippen LogP contribution in [0.2, 0.25) is 0 Å². The number of anilines is 2. The van der Waals surface area contributed by atoms with Gasteiger partial charge in [0, 0.05) is 18.7 Å². The first-order chi connectivity index (χ1) is 9.65. The number of nitrogens with zero attached hydrogens (tertiary/aromatic N) is 1. The molecule has 3 nitrogen and oxygen atoms in total. The van der Waals surface area contributed by atoms with Crippen LogP contribution in [-0.4, -0.2) is 12.3 Å². The normalized spacial score (nSPS) is 13.9. The highest BCUT2D eigenvalue weighted by molar-refractivity contribution is 5.96. The second-order valence-electron chi connectivity index (χ2n) is 5.27. The molecule has 2 N–H and O–H groups in total. The summed E-state index contributed by atoms with van der Waals surface area (Å²) < 4.78 is 0. The third kappa shape index (κ3) is 2.27. The van der Waals surface area contributed by atoms with Crippen molar-refractivity contribution in [1.29, 1.82) is 0 Å². The van der Waals surface area contributed by atoms with E-state index in [1.165, 1.54) is 11.1 Å². The molecule has 0 radical (unpaired) electrons. The van der Waals surface area contributed by atoms with E-state index in [-0.39, 0.29) is 5.78 Å². The predicted molar refractivity (Wildman–Crippen MR) is 82.1 cm³/mol. The number of carbonyl (C=O) groups excluding carboxylic acids is 1. The molecule has 0 fully saturated rings. The summed E-state index contributed by atoms with van der Waals surface area (Å²) in [6, 6.07) is 14.1. The molecular formula is C17H18N2O. The Balaban J connectivity index is 1.90. The number of fused-ring (bicyclic) bond motifs is 1. The molecule has 0 aliphatic carbocycles. The van der Waals surface area contributed by atoms with Crippen molar-refractivity contribution in [3.8, 4) is 0 Å². The third-order valence-electron chi connectivity index (χ3n) is 3.91. The number of nitrogen functional groups attached to an aromatic ring is 1. The van der Waals surface area contributed by atoms with Crippen molar-refractivity contribution in [3.05, 3.63) is 59.2 Å². The van der Waals surface area contributed by atoms with E-state index in [4.69, 9.17) is 5.73 Å². The van der Waals surface area contributed by atoms with E-state index in [0.29, 0.717) is 11.3 Å². The Kier molecular flexibility index (Phi) is 3.18. The van der Waals surface area contributed by atoms with Crippen molar-refractivity contribution in [1.82, 2.24) is 0 Å². The van der Waals surface area contributed by atoms with E-state index < -0.39 is 0 Å². The second kappa shape index (κ2) is 5.00. The monoisotopic (exact) mass is 266 g/mol. The van der Waals surface area contributed by atoms with E-state index >= 15 is 0 Å². The lowest BCUT2D eigenvalue weighted by molar-refractivity contribution is 0.101. The zero-order valence-electron chi connectivity index (χ0n) is 11.6. The highest BCUT2D eigenvalue weighted by atomic mass is 16.1. The summed E-state index contributed by atoms with van der Waals surface area (Å²) in [7, 11) is 0. The van der Waals surface area contributed by atoms with Crippen molar-refractivity contribution in [3.63, 3.8) is 0 Å². The lowest BCUT2D eigenvalue weighted by atomic mass is 9.99. The molecule has 0 atom stereocenters. The number of Topliss-reactive ketones (excluding diaryl/α,β-unsaturated/α-hetero) is 1. The van der Waals surface area contributed by atoms with Crippen LogP contribution in [0.15, 0.2) is 42.5 Å². The molecule has 0 saturated heterocycles. The van der Waals surface area contributed by atoms with E-state index in [0.717, 1.165) is 25.2 Å². The summed E-state index contributed by atoms with van der Waals surface area (Å²) in [4.78, 5) is 13.7. The molecule has 0 amide bonds. The molecule has 20 heavy (non-hydrogen) atoms. The summed E-state index contributed by atoms with van der Waals surface area (Å²) in [6.07, 6.45) is 1.03. The van der Waals surface area contributed by atoms with Crippen LogP contribution in [0.5, 0.6) is 0 Å². The molecular weight excluding hydrogens is 248 g/mol. The molecule has 0 spiro atoms. The van der Waals surface area contributed by atoms with E-state index in [1.54, 1.807) is 13.0 Å². The van der Waals surface area contributed by atoms with Gasteiger partial charge in [-0.2, -0.15) is 0 Å². The van der Waals surface area contributed by atoms with Crippen LogP contribution >= 0.6 is 0 Å². The van der Waals surface area contributed by atoms with Gasteiger partial charge in [-0.1, -0.05) is 24.3 Å². The van der Waals surface area contributed by atoms with Crippen molar-refractivity contribution in [2.75, 3.05) is 17.2 Å². The highest BCUT2D eigenvalue weighted by Crippen LogP contribution is 2.29. The van der Waals surface area contributed by atoms with Gasteiger partial charge < -0.3 is 10.6 Å². The fourth-order valence-electron chi connectivity index (χ4n) is 2.76. The van der Waals surface area contributed by atoms with E-state index in [2.05, 4.69) is 29.2 Å². The van der Waals surface area contributed by atoms with Crippen LogP contribution in [0, 0.1) is 0 Å². The van der Waals surface area contributed by atoms with Gasteiger partial charge in [0.05, 0.1) is 11.4 Å². The zero-order chi connectivity index (χ0) is 14.1. The Bertz CT molecular complexity index is 664. The second-order valence-corrected chi connectivity index (χ2v) is 5.27. The molecule has 3 heteroatoms. The van der Waals surface area contributed by atoms with Crippen molar-refractivity contribution in [2.24, 2.45) is 0 Å². The summed E-state index contributed by atoms with van der Waals surface area (Å²) in [5.74, 6) is 0.0484. The Hall–Kier alpha value is -2.29. The summed E-state index contributed by atoms with van der Waals surface area (Å²) in [6.45, 7) is 3.39. The third-order valence-corrected chi connectivity index (χ3v) is 3.91. The molecule has 0 aromatic heterocycles. The minimum Gasteiger partial charge on any atom is -0.397 e. The molecule has 2 aromatic carbocycles. The Morgan fingerprint density at radius 3 is 2.60 bits per heavy atom. The highest BCUT2D eigenvalue weighted by Gasteiger charge is 2.18. The molecule has 1 aliphatic rings. The topological polar surface area (TPSA) is 46.3 Å². The Morgan fingerprint density at radius 1 is 1.15 bits per heavy atom. The van der Waals surface area contributed by atoms with Crippen LogP contribution in [0.4, 0.5) is 11.4 Å². The molecule has 1 heterocycles. The van der Waals surface area contributed by atoms with Gasteiger partial charge in [0.15, 0.2) is 5.78 Å². The number of hydrogen-bond acceptors (Lipinski definition) is 3. The van der Waals surface area contributed by atoms with Gasteiger partial charge >= 0.3 is 0 Å². The SMILES string of the molecule is CC(=O)c1ccc(N2CCc3ccccc3C2)c(N)c1. The molecule has 3 rings (SSSR count). The minimum atomic E-state index is 0.0484. The van der Waals surface area contributed by atoms with Gasteiger partial charge in [-0.15, -0.1) is 0 Å². The first kappa shape index (κ1) is 12.7. The van der Waals surface area contributed by atoms with E-state index in [9.17, 15) is 4.79 Å². The summed E-state index contributed by atoms with van der Waals surface area (Å²) in [5, 5.41) is 0. The van der Waals surface area contributed by atoms with Gasteiger partial charge in [-0.3, -0.25) is 4.79 Å². The fraction of sp³-hybridized carbons (Fsp3) is 0.235. The first-order valence-electron chi connectivity index (χ1n) is 6.87. The van der Waals surface area contributed by atoms with Gasteiger partial charge in [0.25, 0.3) is 0 Å². The number of rotatable bonds is 2. The van der Waals surface area contributed by atoms with Gasteiger partial charge in [-0.05, 0) is 42.7 Å². The van der Waals surface area contributed by atoms with Crippen LogP contribution in [0.1, 0.15) is 28.4 Å². The lowest BCUT2D eigenvalue weighted by Gasteiger charge is -2.31. The average Bonchev–Trinajstić information content (AvgIpc) is 2.46. The van der Waals surface area contributed by atoms with Crippen molar-refractivity contribution < 1.29 is 4.79 Å². The smallest absolute Gasteiger partial charge is 0.159 e. The van der Waals surface area contributed by atoms with Gasteiger partial charge in [-0.25, -0.2) is 0 Å². The maximum Gasteiger partial charge on any atom is 0.159 e. The van der Waals surface area contributed by atoms with Crippen LogP contribution in [0.25, 0.3) is 0 Å². The number of nitrogens with two attached hydrogens (primary N) is 1. The lowest BCUT2D eigenvalue weighted by Crippen LogP contribution is -2.30. The Labute approximate surface area is 119 Å². The quantitative estimate of drug-likeness (QED) is 0.671. The molecule has 102 valence electrons. The van der Waals surface area contributed by atoms with Crippen LogP contribution < -0.4 is 10.6 Å². The van der Waals surface area contributed by atoms with Crippen LogP contribution in [0.3, 0.4) is 0 Å². The predicted octanol–water partition coefficient (Wildman–Crippen LogP) is 3.03. The summed E-state index contributed by atoms with van der Waals surface area (Å²) >= 11 is 0. The number of carbonyl (C=O) groups is 1. The van der Waals surface area contributed by atoms with Gasteiger partial charge in [0.1, 0.15) is 0 Å². The maximum atomic E-state index is 11.4. The molecule has 0 saturated carbocycles. The van der Waals surface area contributed by atoms with Gasteiger partial charge in [0.2, 0.25) is 0 Å². The number of hydrogen-bond donors (Lipinski definition) is 1. The van der Waals surface area contributed by atoms with E-state index in [1.807, 2.05) is 12.1 Å². The van der Waals surface area contributed by atoms with Crippen molar-refractivity contribution >= 4 is 17.2 Å². The molecule has 0 unspecified atom stereocenters. The standard InChI is InChI=1S/C17H18N2O/c1-12(20)14-6-7-17(16(18)10-14)19-9-8-13-4-2-3-5-15(13)11-19/h2-7,10H,8-9,11,18H2,1H3. The molecule has 2 aromatic rings. The molecule has 1 aliphatic heterocycles. The maximum absolute atomic E-state index is 11.4. The Morgan fingerprint density at radius 2 is 1.90 bits per heavy atom.